The van der Waals surface area contributed by atoms with Crippen molar-refractivity contribution >= 4 is 12.7 Å². The predicted octanol–water partition coefficient (Wildman–Crippen LogP) is -1.01. The number of hydrogen-bond acceptors (Lipinski definition) is 4. The molecular weight excluding hydrogens is 169 g/mol. The van der Waals surface area contributed by atoms with Crippen LogP contribution >= 0.6 is 0 Å². The standard InChI is InChI=1S/C8H12BNO3/c1-8(2,11)6-4-3-5-7(10-6)9(12)13/h3-5,11-13H,1-2H3. The highest BCUT2D eigenvalue weighted by Crippen LogP contribution is 2.14. The van der Waals surface area contributed by atoms with Gasteiger partial charge in [0.1, 0.15) is 5.60 Å². The van der Waals surface area contributed by atoms with E-state index in [1.165, 1.54) is 6.07 Å². The van der Waals surface area contributed by atoms with E-state index in [4.69, 9.17) is 10.0 Å². The molecule has 0 aromatic carbocycles. The van der Waals surface area contributed by atoms with Gasteiger partial charge in [-0.25, -0.2) is 0 Å². The third-order valence-electron chi connectivity index (χ3n) is 1.66. The van der Waals surface area contributed by atoms with Gasteiger partial charge in [0.05, 0.1) is 11.3 Å². The zero-order valence-electron chi connectivity index (χ0n) is 7.60. The molecule has 0 aliphatic carbocycles. The van der Waals surface area contributed by atoms with Crippen molar-refractivity contribution in [3.05, 3.63) is 23.9 Å². The normalized spacial score (nSPS) is 11.5. The minimum Gasteiger partial charge on any atom is -0.422 e. The first-order valence-corrected chi connectivity index (χ1v) is 3.97. The summed E-state index contributed by atoms with van der Waals surface area (Å²) >= 11 is 0. The molecule has 0 radical (unpaired) electrons. The van der Waals surface area contributed by atoms with Crippen molar-refractivity contribution in [2.24, 2.45) is 0 Å². The summed E-state index contributed by atoms with van der Waals surface area (Å²) in [5.41, 5.74) is -0.511. The van der Waals surface area contributed by atoms with Crippen LogP contribution in [0.25, 0.3) is 0 Å². The Balaban J connectivity index is 3.06. The van der Waals surface area contributed by atoms with Gasteiger partial charge in [-0.1, -0.05) is 6.07 Å². The lowest BCUT2D eigenvalue weighted by molar-refractivity contribution is 0.0740. The molecular formula is C8H12BNO3. The first-order chi connectivity index (χ1) is 5.91. The van der Waals surface area contributed by atoms with E-state index in [-0.39, 0.29) is 5.59 Å². The first-order valence-electron chi connectivity index (χ1n) is 3.97. The molecule has 4 nitrogen and oxygen atoms in total. The number of nitrogens with zero attached hydrogens (tertiary/aromatic N) is 1. The average molecular weight is 181 g/mol. The van der Waals surface area contributed by atoms with Gasteiger partial charge in [-0.05, 0) is 26.0 Å². The molecule has 0 bridgehead atoms. The molecule has 13 heavy (non-hydrogen) atoms. The Bertz CT molecular complexity index is 296. The van der Waals surface area contributed by atoms with Gasteiger partial charge >= 0.3 is 7.12 Å². The van der Waals surface area contributed by atoms with Crippen LogP contribution in [0.4, 0.5) is 0 Å². The second-order valence-corrected chi connectivity index (χ2v) is 3.38. The molecule has 0 atom stereocenters. The molecule has 0 unspecified atom stereocenters. The largest absolute Gasteiger partial charge is 0.508 e. The summed E-state index contributed by atoms with van der Waals surface area (Å²) < 4.78 is 0. The summed E-state index contributed by atoms with van der Waals surface area (Å²) in [6.07, 6.45) is 0. The monoisotopic (exact) mass is 181 g/mol. The summed E-state index contributed by atoms with van der Waals surface area (Å²) in [5.74, 6) is 0. The molecule has 0 saturated carbocycles. The Kier molecular flexibility index (Phi) is 2.70. The molecule has 0 fully saturated rings. The Hall–Kier alpha value is -0.905. The summed E-state index contributed by atoms with van der Waals surface area (Å²) in [6.45, 7) is 3.17. The van der Waals surface area contributed by atoms with Gasteiger partial charge < -0.3 is 15.2 Å². The van der Waals surface area contributed by atoms with E-state index in [0.29, 0.717) is 5.69 Å². The van der Waals surface area contributed by atoms with Crippen molar-refractivity contribution in [1.29, 1.82) is 0 Å². The lowest BCUT2D eigenvalue weighted by Gasteiger charge is -2.16. The zero-order chi connectivity index (χ0) is 10.1. The zero-order valence-corrected chi connectivity index (χ0v) is 7.60. The van der Waals surface area contributed by atoms with E-state index in [2.05, 4.69) is 4.98 Å². The van der Waals surface area contributed by atoms with Crippen LogP contribution in [0.3, 0.4) is 0 Å². The molecule has 3 N–H and O–H groups in total. The lowest BCUT2D eigenvalue weighted by Crippen LogP contribution is -2.35. The SMILES string of the molecule is CC(C)(O)c1cccc(B(O)O)n1. The van der Waals surface area contributed by atoms with Crippen LogP contribution < -0.4 is 5.59 Å². The van der Waals surface area contributed by atoms with Crippen molar-refractivity contribution in [3.8, 4) is 0 Å². The fraction of sp³-hybridized carbons (Fsp3) is 0.375. The van der Waals surface area contributed by atoms with E-state index in [1.807, 2.05) is 0 Å². The van der Waals surface area contributed by atoms with Gasteiger partial charge in [-0.2, -0.15) is 0 Å². The van der Waals surface area contributed by atoms with E-state index in [9.17, 15) is 5.11 Å². The molecule has 1 rings (SSSR count). The molecule has 0 saturated heterocycles. The summed E-state index contributed by atoms with van der Waals surface area (Å²) in [5, 5.41) is 27.2. The van der Waals surface area contributed by atoms with Crippen molar-refractivity contribution in [2.45, 2.75) is 19.4 Å². The average Bonchev–Trinajstić information content (AvgIpc) is 2.03. The molecule has 0 aliphatic heterocycles. The van der Waals surface area contributed by atoms with Crippen LogP contribution in [0, 0.1) is 0 Å². The van der Waals surface area contributed by atoms with Crippen LogP contribution in [0.5, 0.6) is 0 Å². The molecule has 1 heterocycles. The van der Waals surface area contributed by atoms with Gasteiger partial charge in [0.15, 0.2) is 0 Å². The topological polar surface area (TPSA) is 73.6 Å². The molecule has 1 aromatic rings. The Morgan fingerprint density at radius 1 is 1.31 bits per heavy atom. The van der Waals surface area contributed by atoms with Crippen molar-refractivity contribution < 1.29 is 15.2 Å². The van der Waals surface area contributed by atoms with E-state index >= 15 is 0 Å². The second-order valence-electron chi connectivity index (χ2n) is 3.38. The maximum absolute atomic E-state index is 9.57. The second kappa shape index (κ2) is 3.45. The minimum atomic E-state index is -1.60. The van der Waals surface area contributed by atoms with Gasteiger partial charge in [-0.3, -0.25) is 4.98 Å². The van der Waals surface area contributed by atoms with Gasteiger partial charge in [0.2, 0.25) is 0 Å². The van der Waals surface area contributed by atoms with Crippen molar-refractivity contribution in [3.63, 3.8) is 0 Å². The fourth-order valence-electron chi connectivity index (χ4n) is 0.936. The van der Waals surface area contributed by atoms with Crippen LogP contribution in [0.15, 0.2) is 18.2 Å². The highest BCUT2D eigenvalue weighted by atomic mass is 16.4. The van der Waals surface area contributed by atoms with E-state index in [1.54, 1.807) is 26.0 Å². The Morgan fingerprint density at radius 2 is 1.92 bits per heavy atom. The van der Waals surface area contributed by atoms with Crippen molar-refractivity contribution in [1.82, 2.24) is 4.98 Å². The van der Waals surface area contributed by atoms with Gasteiger partial charge in [0, 0.05) is 0 Å². The van der Waals surface area contributed by atoms with E-state index < -0.39 is 12.7 Å². The van der Waals surface area contributed by atoms with Crippen molar-refractivity contribution in [2.75, 3.05) is 0 Å². The predicted molar refractivity (Wildman–Crippen MR) is 49.3 cm³/mol. The minimum absolute atomic E-state index is 0.139. The Morgan fingerprint density at radius 3 is 2.38 bits per heavy atom. The number of rotatable bonds is 2. The van der Waals surface area contributed by atoms with Crippen LogP contribution in [0.1, 0.15) is 19.5 Å². The third-order valence-corrected chi connectivity index (χ3v) is 1.66. The third kappa shape index (κ3) is 2.52. The number of hydrogen-bond donors (Lipinski definition) is 3. The quantitative estimate of drug-likeness (QED) is 0.511. The number of aliphatic hydroxyl groups is 1. The summed E-state index contributed by atoms with van der Waals surface area (Å²) in [6, 6.07) is 4.74. The molecule has 5 heteroatoms. The summed E-state index contributed by atoms with van der Waals surface area (Å²) in [7, 11) is -1.60. The van der Waals surface area contributed by atoms with E-state index in [0.717, 1.165) is 0 Å². The number of aromatic nitrogens is 1. The lowest BCUT2D eigenvalue weighted by atomic mass is 9.85. The first kappa shape index (κ1) is 10.2. The Labute approximate surface area is 77.0 Å². The highest BCUT2D eigenvalue weighted by Gasteiger charge is 2.20. The maximum atomic E-state index is 9.57. The highest BCUT2D eigenvalue weighted by molar-refractivity contribution is 6.57. The fourth-order valence-corrected chi connectivity index (χ4v) is 0.936. The van der Waals surface area contributed by atoms with Crippen LogP contribution in [0.2, 0.25) is 0 Å². The van der Waals surface area contributed by atoms with Gasteiger partial charge in [0.25, 0.3) is 0 Å². The summed E-state index contributed by atoms with van der Waals surface area (Å²) in [4.78, 5) is 3.89. The molecule has 0 amide bonds. The van der Waals surface area contributed by atoms with Crippen LogP contribution in [-0.2, 0) is 5.60 Å². The molecule has 0 spiro atoms. The van der Waals surface area contributed by atoms with Crippen LogP contribution in [-0.4, -0.2) is 27.3 Å². The maximum Gasteiger partial charge on any atom is 0.508 e. The van der Waals surface area contributed by atoms with Gasteiger partial charge in [-0.15, -0.1) is 0 Å². The smallest absolute Gasteiger partial charge is 0.422 e. The molecule has 0 aliphatic rings. The molecule has 70 valence electrons. The number of pyridine rings is 1. The molecule has 1 aromatic heterocycles.